The van der Waals surface area contributed by atoms with Gasteiger partial charge in [0.25, 0.3) is 5.91 Å². The first-order chi connectivity index (χ1) is 10.7. The first kappa shape index (κ1) is 16.7. The molecule has 1 saturated heterocycles. The van der Waals surface area contributed by atoms with Crippen LogP contribution >= 0.6 is 0 Å². The van der Waals surface area contributed by atoms with Gasteiger partial charge < -0.3 is 20.4 Å². The van der Waals surface area contributed by atoms with E-state index in [0.29, 0.717) is 12.1 Å². The Hall–Kier alpha value is -1.66. The Morgan fingerprint density at radius 1 is 1.23 bits per heavy atom. The van der Waals surface area contributed by atoms with E-state index in [1.54, 1.807) is 12.3 Å². The van der Waals surface area contributed by atoms with E-state index in [4.69, 9.17) is 0 Å². The van der Waals surface area contributed by atoms with Crippen LogP contribution in [0.4, 0.5) is 5.82 Å². The number of piperazine rings is 1. The van der Waals surface area contributed by atoms with Gasteiger partial charge in [-0.05, 0) is 32.1 Å². The van der Waals surface area contributed by atoms with Gasteiger partial charge in [0, 0.05) is 51.0 Å². The third-order valence-corrected chi connectivity index (χ3v) is 3.85. The number of aromatic nitrogens is 1. The standard InChI is InChI=1S/C16H27N5O/c1-3-5-17-7-8-19-16(22)14-4-6-18-15(13-14)21-11-9-20(2)10-12-21/h4,6,13,17H,3,5,7-12H2,1-2H3,(H,19,22). The van der Waals surface area contributed by atoms with E-state index in [9.17, 15) is 4.79 Å². The molecule has 6 heteroatoms. The third kappa shape index (κ3) is 4.96. The van der Waals surface area contributed by atoms with Gasteiger partial charge in [0.15, 0.2) is 0 Å². The molecule has 0 atom stereocenters. The predicted octanol–water partition coefficient (Wildman–Crippen LogP) is 0.563. The number of anilines is 1. The van der Waals surface area contributed by atoms with E-state index in [2.05, 4.69) is 39.4 Å². The van der Waals surface area contributed by atoms with Crippen molar-refractivity contribution in [1.82, 2.24) is 20.5 Å². The van der Waals surface area contributed by atoms with Gasteiger partial charge in [-0.2, -0.15) is 0 Å². The fourth-order valence-electron chi connectivity index (χ4n) is 2.44. The molecule has 0 aromatic carbocycles. The van der Waals surface area contributed by atoms with E-state index in [-0.39, 0.29) is 5.91 Å². The van der Waals surface area contributed by atoms with Gasteiger partial charge in [-0.25, -0.2) is 4.98 Å². The molecule has 2 N–H and O–H groups in total. The van der Waals surface area contributed by atoms with Crippen molar-refractivity contribution in [3.63, 3.8) is 0 Å². The van der Waals surface area contributed by atoms with Crippen LogP contribution in [0, 0.1) is 0 Å². The normalized spacial score (nSPS) is 15.8. The second-order valence-corrected chi connectivity index (χ2v) is 5.70. The molecule has 1 aliphatic rings. The molecule has 22 heavy (non-hydrogen) atoms. The summed E-state index contributed by atoms with van der Waals surface area (Å²) < 4.78 is 0. The number of carbonyl (C=O) groups is 1. The average Bonchev–Trinajstić information content (AvgIpc) is 2.55. The number of carbonyl (C=O) groups excluding carboxylic acids is 1. The maximum Gasteiger partial charge on any atom is 0.251 e. The van der Waals surface area contributed by atoms with Crippen LogP contribution in [0.25, 0.3) is 0 Å². The molecule has 0 saturated carbocycles. The van der Waals surface area contributed by atoms with Gasteiger partial charge in [0.2, 0.25) is 0 Å². The summed E-state index contributed by atoms with van der Waals surface area (Å²) in [4.78, 5) is 21.1. The molecule has 1 aromatic rings. The van der Waals surface area contributed by atoms with E-state index in [1.165, 1.54) is 0 Å². The summed E-state index contributed by atoms with van der Waals surface area (Å²) >= 11 is 0. The molecule has 122 valence electrons. The maximum atomic E-state index is 12.2. The topological polar surface area (TPSA) is 60.5 Å². The summed E-state index contributed by atoms with van der Waals surface area (Å²) in [6.45, 7) is 8.52. The number of hydrogen-bond acceptors (Lipinski definition) is 5. The van der Waals surface area contributed by atoms with Crippen molar-refractivity contribution in [3.8, 4) is 0 Å². The van der Waals surface area contributed by atoms with Gasteiger partial charge in [0.05, 0.1) is 0 Å². The summed E-state index contributed by atoms with van der Waals surface area (Å²) in [5.74, 6) is 0.862. The lowest BCUT2D eigenvalue weighted by Crippen LogP contribution is -2.44. The molecule has 1 amide bonds. The first-order valence-corrected chi connectivity index (χ1v) is 8.09. The minimum absolute atomic E-state index is 0.0314. The maximum absolute atomic E-state index is 12.2. The monoisotopic (exact) mass is 305 g/mol. The molecule has 0 unspecified atom stereocenters. The zero-order valence-corrected chi connectivity index (χ0v) is 13.6. The lowest BCUT2D eigenvalue weighted by Gasteiger charge is -2.33. The van der Waals surface area contributed by atoms with Crippen LogP contribution in [0.5, 0.6) is 0 Å². The molecule has 0 aliphatic carbocycles. The van der Waals surface area contributed by atoms with Crippen LogP contribution in [0.3, 0.4) is 0 Å². The lowest BCUT2D eigenvalue weighted by atomic mass is 10.2. The molecule has 0 spiro atoms. The second-order valence-electron chi connectivity index (χ2n) is 5.70. The minimum atomic E-state index is -0.0314. The SMILES string of the molecule is CCCNCCNC(=O)c1ccnc(N2CCN(C)CC2)c1. The van der Waals surface area contributed by atoms with Crippen molar-refractivity contribution < 1.29 is 4.79 Å². The van der Waals surface area contributed by atoms with Crippen LogP contribution in [0.15, 0.2) is 18.3 Å². The molecule has 0 radical (unpaired) electrons. The number of pyridine rings is 1. The summed E-state index contributed by atoms with van der Waals surface area (Å²) in [6, 6.07) is 3.66. The van der Waals surface area contributed by atoms with Gasteiger partial charge in [0.1, 0.15) is 5.82 Å². The largest absolute Gasteiger partial charge is 0.354 e. The highest BCUT2D eigenvalue weighted by Crippen LogP contribution is 2.14. The highest BCUT2D eigenvalue weighted by molar-refractivity contribution is 5.94. The summed E-state index contributed by atoms with van der Waals surface area (Å²) in [5.41, 5.74) is 0.680. The zero-order valence-electron chi connectivity index (χ0n) is 13.6. The molecule has 1 aliphatic heterocycles. The predicted molar refractivity (Wildman–Crippen MR) is 89.4 cm³/mol. The summed E-state index contributed by atoms with van der Waals surface area (Å²) in [5, 5.41) is 6.21. The third-order valence-electron chi connectivity index (χ3n) is 3.85. The van der Waals surface area contributed by atoms with Crippen LogP contribution < -0.4 is 15.5 Å². The fraction of sp³-hybridized carbons (Fsp3) is 0.625. The molecule has 2 rings (SSSR count). The van der Waals surface area contributed by atoms with Gasteiger partial charge in [-0.3, -0.25) is 4.79 Å². The number of hydrogen-bond donors (Lipinski definition) is 2. The molecular weight excluding hydrogens is 278 g/mol. The Kier molecular flexibility index (Phi) is 6.61. The van der Waals surface area contributed by atoms with Crippen LogP contribution in [0.2, 0.25) is 0 Å². The lowest BCUT2D eigenvalue weighted by molar-refractivity contribution is 0.0954. The van der Waals surface area contributed by atoms with Crippen LogP contribution in [-0.4, -0.2) is 68.7 Å². The smallest absolute Gasteiger partial charge is 0.251 e. The van der Waals surface area contributed by atoms with Crippen molar-refractivity contribution in [2.24, 2.45) is 0 Å². The highest BCUT2D eigenvalue weighted by atomic mass is 16.1. The zero-order chi connectivity index (χ0) is 15.8. The quantitative estimate of drug-likeness (QED) is 0.721. The van der Waals surface area contributed by atoms with E-state index in [0.717, 1.165) is 51.5 Å². The van der Waals surface area contributed by atoms with E-state index >= 15 is 0 Å². The van der Waals surface area contributed by atoms with Crippen molar-refractivity contribution >= 4 is 11.7 Å². The summed E-state index contributed by atoms with van der Waals surface area (Å²) in [7, 11) is 2.13. The van der Waals surface area contributed by atoms with Crippen molar-refractivity contribution in [3.05, 3.63) is 23.9 Å². The van der Waals surface area contributed by atoms with Crippen LogP contribution in [0.1, 0.15) is 23.7 Å². The van der Waals surface area contributed by atoms with E-state index in [1.807, 2.05) is 6.07 Å². The number of likely N-dealkylation sites (N-methyl/N-ethyl adjacent to an activating group) is 1. The van der Waals surface area contributed by atoms with Gasteiger partial charge >= 0.3 is 0 Å². The number of rotatable bonds is 7. The van der Waals surface area contributed by atoms with Crippen LogP contribution in [-0.2, 0) is 0 Å². The second kappa shape index (κ2) is 8.70. The molecule has 0 bridgehead atoms. The average molecular weight is 305 g/mol. The molecule has 6 nitrogen and oxygen atoms in total. The number of amides is 1. The number of nitrogens with one attached hydrogen (secondary N) is 2. The Balaban J connectivity index is 1.86. The van der Waals surface area contributed by atoms with Gasteiger partial charge in [-0.1, -0.05) is 6.92 Å². The Morgan fingerprint density at radius 3 is 2.73 bits per heavy atom. The highest BCUT2D eigenvalue weighted by Gasteiger charge is 2.16. The van der Waals surface area contributed by atoms with Crippen molar-refractivity contribution in [2.45, 2.75) is 13.3 Å². The summed E-state index contributed by atoms with van der Waals surface area (Å²) in [6.07, 6.45) is 2.82. The van der Waals surface area contributed by atoms with Crippen molar-refractivity contribution in [2.75, 3.05) is 57.8 Å². The number of nitrogens with zero attached hydrogens (tertiary/aromatic N) is 3. The Labute approximate surface area is 132 Å². The van der Waals surface area contributed by atoms with Gasteiger partial charge in [-0.15, -0.1) is 0 Å². The Morgan fingerprint density at radius 2 is 2.00 bits per heavy atom. The molecular formula is C16H27N5O. The molecule has 1 fully saturated rings. The fourth-order valence-corrected chi connectivity index (χ4v) is 2.44. The van der Waals surface area contributed by atoms with Crippen molar-refractivity contribution in [1.29, 1.82) is 0 Å². The Bertz CT molecular complexity index is 471. The van der Waals surface area contributed by atoms with E-state index < -0.39 is 0 Å². The molecule has 1 aromatic heterocycles. The molecule has 2 heterocycles. The minimum Gasteiger partial charge on any atom is -0.354 e. The first-order valence-electron chi connectivity index (χ1n) is 8.09.